The zero-order valence-corrected chi connectivity index (χ0v) is 21.2. The Labute approximate surface area is 230 Å². The standard InChI is InChI=1S/C25H26FN3O12/c26-16-13(8-28-4-6-40-7-5-28)17(30)19(32)18(31)14(16)10-41-15-3-1-2-11-12(15)9-29(22(11)34)20-21(33)27-23(35)25(38,39)24(20,36)37/h1-3,20,30-32,36-39H,4-10H2,(H,27,33,35). The second-order valence-electron chi connectivity index (χ2n) is 9.83. The summed E-state index contributed by atoms with van der Waals surface area (Å²) in [4.78, 5) is 39.7. The van der Waals surface area contributed by atoms with Crippen LogP contribution in [-0.2, 0) is 34.0 Å². The number of morpholine rings is 1. The average Bonchev–Trinajstić information content (AvgIpc) is 3.26. The number of halogens is 1. The van der Waals surface area contributed by atoms with Gasteiger partial charge in [-0.05, 0) is 12.1 Å². The Bertz CT molecular complexity index is 1440. The van der Waals surface area contributed by atoms with Gasteiger partial charge in [0.2, 0.25) is 5.75 Å². The first-order valence-electron chi connectivity index (χ1n) is 12.3. The molecule has 3 heterocycles. The van der Waals surface area contributed by atoms with E-state index < -0.39 is 77.1 Å². The van der Waals surface area contributed by atoms with Crippen LogP contribution in [0.2, 0.25) is 0 Å². The minimum absolute atomic E-state index is 0.0625. The number of ether oxygens (including phenoxy) is 2. The lowest BCUT2D eigenvalue weighted by Crippen LogP contribution is -2.79. The van der Waals surface area contributed by atoms with Crippen LogP contribution in [0.5, 0.6) is 23.0 Å². The molecule has 5 rings (SSSR count). The minimum atomic E-state index is -3.84. The molecule has 0 bridgehead atoms. The van der Waals surface area contributed by atoms with E-state index in [9.17, 15) is 50.1 Å². The van der Waals surface area contributed by atoms with Crippen LogP contribution < -0.4 is 10.1 Å². The smallest absolute Gasteiger partial charge is 0.303 e. The van der Waals surface area contributed by atoms with Crippen molar-refractivity contribution in [1.82, 2.24) is 15.1 Å². The highest BCUT2D eigenvalue weighted by Gasteiger charge is 2.67. The first-order valence-corrected chi connectivity index (χ1v) is 12.3. The van der Waals surface area contributed by atoms with Gasteiger partial charge in [0.25, 0.3) is 23.5 Å². The van der Waals surface area contributed by atoms with E-state index in [1.165, 1.54) is 18.2 Å². The topological polar surface area (TPSA) is 230 Å². The van der Waals surface area contributed by atoms with Crippen LogP contribution in [0.3, 0.4) is 0 Å². The Morgan fingerprint density at radius 3 is 2.34 bits per heavy atom. The fourth-order valence-electron chi connectivity index (χ4n) is 5.03. The molecular weight excluding hydrogens is 553 g/mol. The number of nitrogens with one attached hydrogen (secondary N) is 1. The van der Waals surface area contributed by atoms with Crippen LogP contribution >= 0.6 is 0 Å². The van der Waals surface area contributed by atoms with E-state index in [1.54, 1.807) is 10.2 Å². The number of benzene rings is 2. The molecule has 15 nitrogen and oxygen atoms in total. The van der Waals surface area contributed by atoms with E-state index in [2.05, 4.69) is 0 Å². The second-order valence-corrected chi connectivity index (χ2v) is 9.83. The van der Waals surface area contributed by atoms with Crippen LogP contribution in [0.25, 0.3) is 0 Å². The van der Waals surface area contributed by atoms with E-state index in [-0.39, 0.29) is 29.0 Å². The summed E-state index contributed by atoms with van der Waals surface area (Å²) in [5.74, 6) is -15.6. The van der Waals surface area contributed by atoms with Crippen LogP contribution in [0.1, 0.15) is 27.0 Å². The van der Waals surface area contributed by atoms with Gasteiger partial charge in [0, 0.05) is 36.3 Å². The zero-order chi connectivity index (χ0) is 29.9. The molecule has 220 valence electrons. The molecule has 1 atom stereocenters. The van der Waals surface area contributed by atoms with Crippen molar-refractivity contribution in [3.8, 4) is 23.0 Å². The third-order valence-electron chi connectivity index (χ3n) is 7.37. The number of aromatic hydroxyl groups is 3. The van der Waals surface area contributed by atoms with Gasteiger partial charge in [0.15, 0.2) is 17.5 Å². The lowest BCUT2D eigenvalue weighted by Gasteiger charge is -2.44. The first-order chi connectivity index (χ1) is 19.3. The number of nitrogens with zero attached hydrogens (tertiary/aromatic N) is 2. The Morgan fingerprint density at radius 2 is 1.66 bits per heavy atom. The average molecular weight is 579 g/mol. The van der Waals surface area contributed by atoms with Gasteiger partial charge in [-0.3, -0.25) is 24.6 Å². The summed E-state index contributed by atoms with van der Waals surface area (Å²) in [6.45, 7) is 0.341. The van der Waals surface area contributed by atoms with Crippen LogP contribution in [-0.4, -0.2) is 107 Å². The quantitative estimate of drug-likeness (QED) is 0.102. The number of aliphatic hydroxyl groups is 4. The molecule has 3 aliphatic heterocycles. The molecule has 0 saturated carbocycles. The number of rotatable bonds is 6. The van der Waals surface area contributed by atoms with Crippen molar-refractivity contribution in [2.45, 2.75) is 37.3 Å². The van der Waals surface area contributed by atoms with Crippen LogP contribution in [0.4, 0.5) is 4.39 Å². The van der Waals surface area contributed by atoms with Gasteiger partial charge in [-0.25, -0.2) is 4.39 Å². The number of carbonyl (C=O) groups excluding carboxylic acids is 3. The van der Waals surface area contributed by atoms with Gasteiger partial charge in [-0.2, -0.15) is 0 Å². The monoisotopic (exact) mass is 579 g/mol. The first kappa shape index (κ1) is 28.5. The van der Waals surface area contributed by atoms with Gasteiger partial charge in [0.05, 0.1) is 25.3 Å². The minimum Gasteiger partial charge on any atom is -0.504 e. The number of imide groups is 1. The summed E-state index contributed by atoms with van der Waals surface area (Å²) >= 11 is 0. The number of phenols is 3. The Balaban J connectivity index is 1.42. The summed E-state index contributed by atoms with van der Waals surface area (Å²) in [5, 5.41) is 73.1. The summed E-state index contributed by atoms with van der Waals surface area (Å²) < 4.78 is 26.4. The highest BCUT2D eigenvalue weighted by Crippen LogP contribution is 2.44. The van der Waals surface area contributed by atoms with Crippen molar-refractivity contribution in [3.63, 3.8) is 0 Å². The number of amides is 3. The number of fused-ring (bicyclic) bond motifs is 1. The summed E-state index contributed by atoms with van der Waals surface area (Å²) in [6.07, 6.45) is 0. The van der Waals surface area contributed by atoms with Crippen molar-refractivity contribution >= 4 is 17.7 Å². The molecule has 2 saturated heterocycles. The van der Waals surface area contributed by atoms with Crippen molar-refractivity contribution in [1.29, 1.82) is 0 Å². The highest BCUT2D eigenvalue weighted by molar-refractivity contribution is 6.08. The van der Waals surface area contributed by atoms with Crippen LogP contribution in [0, 0.1) is 5.82 Å². The van der Waals surface area contributed by atoms with Gasteiger partial charge in [-0.15, -0.1) is 0 Å². The molecule has 2 aromatic rings. The molecule has 0 radical (unpaired) electrons. The molecule has 0 aliphatic carbocycles. The van der Waals surface area contributed by atoms with Crippen molar-refractivity contribution in [3.05, 3.63) is 46.3 Å². The summed E-state index contributed by atoms with van der Waals surface area (Å²) in [5.41, 5.74) is -0.786. The predicted molar refractivity (Wildman–Crippen MR) is 129 cm³/mol. The summed E-state index contributed by atoms with van der Waals surface area (Å²) in [7, 11) is 0. The maximum atomic E-state index is 15.5. The normalized spacial score (nSPS) is 22.0. The molecule has 1 unspecified atom stereocenters. The van der Waals surface area contributed by atoms with Crippen molar-refractivity contribution in [2.75, 3.05) is 26.3 Å². The molecule has 3 aliphatic rings. The van der Waals surface area contributed by atoms with E-state index >= 15 is 4.39 Å². The van der Waals surface area contributed by atoms with Crippen LogP contribution in [0.15, 0.2) is 18.2 Å². The Kier molecular flexibility index (Phi) is 7.01. The molecule has 3 amide bonds. The van der Waals surface area contributed by atoms with E-state index in [4.69, 9.17) is 9.47 Å². The molecule has 2 fully saturated rings. The number of hydrogen-bond acceptors (Lipinski definition) is 13. The van der Waals surface area contributed by atoms with E-state index in [0.717, 1.165) is 0 Å². The largest absolute Gasteiger partial charge is 0.504 e. The number of piperidine rings is 1. The Morgan fingerprint density at radius 1 is 1.00 bits per heavy atom. The van der Waals surface area contributed by atoms with E-state index in [1.807, 2.05) is 0 Å². The lowest BCUT2D eigenvalue weighted by atomic mass is 9.90. The third kappa shape index (κ3) is 4.50. The maximum absolute atomic E-state index is 15.5. The van der Waals surface area contributed by atoms with Gasteiger partial charge >= 0.3 is 5.79 Å². The lowest BCUT2D eigenvalue weighted by molar-refractivity contribution is -0.355. The number of phenolic OH excluding ortho intramolecular Hbond substituents is 3. The molecule has 16 heteroatoms. The number of carbonyl (C=O) groups is 3. The molecule has 8 N–H and O–H groups in total. The van der Waals surface area contributed by atoms with Crippen molar-refractivity contribution in [2.24, 2.45) is 0 Å². The highest BCUT2D eigenvalue weighted by atomic mass is 19.1. The molecule has 41 heavy (non-hydrogen) atoms. The Hall–Kier alpha value is -4.06. The fourth-order valence-corrected chi connectivity index (χ4v) is 5.03. The SMILES string of the molecule is O=C1NC(=O)C(O)(O)C(O)(O)C1N1Cc2c(OCc3c(O)c(O)c(O)c(CN4CCOCC4)c3F)cccc2C1=O. The zero-order valence-electron chi connectivity index (χ0n) is 21.2. The molecular formula is C25H26FN3O12. The fraction of sp³-hybridized carbons (Fsp3) is 0.400. The van der Waals surface area contributed by atoms with Crippen molar-refractivity contribution < 1.29 is 64.0 Å². The third-order valence-corrected chi connectivity index (χ3v) is 7.37. The predicted octanol–water partition coefficient (Wildman–Crippen LogP) is -2.30. The molecule has 2 aromatic carbocycles. The van der Waals surface area contributed by atoms with E-state index in [0.29, 0.717) is 31.2 Å². The second kappa shape index (κ2) is 10.1. The molecule has 0 spiro atoms. The summed E-state index contributed by atoms with van der Waals surface area (Å²) in [6, 6.07) is 1.70. The number of hydrogen-bond donors (Lipinski definition) is 8. The molecule has 0 aromatic heterocycles. The van der Waals surface area contributed by atoms with Gasteiger partial charge < -0.3 is 50.1 Å². The van der Waals surface area contributed by atoms with Gasteiger partial charge in [0.1, 0.15) is 18.2 Å². The van der Waals surface area contributed by atoms with Gasteiger partial charge in [-0.1, -0.05) is 6.07 Å². The maximum Gasteiger partial charge on any atom is 0.303 e.